The Balaban J connectivity index is 1.82. The zero-order valence-electron chi connectivity index (χ0n) is 11.3. The van der Waals surface area contributed by atoms with Crippen molar-refractivity contribution in [1.82, 2.24) is 24.6 Å². The second-order valence-electron chi connectivity index (χ2n) is 4.85. The fourth-order valence-corrected chi connectivity index (χ4v) is 2.31. The highest BCUT2D eigenvalue weighted by Gasteiger charge is 2.19. The molecule has 1 aromatic heterocycles. The van der Waals surface area contributed by atoms with E-state index in [1.807, 2.05) is 9.58 Å². The summed E-state index contributed by atoms with van der Waals surface area (Å²) >= 11 is 0. The predicted octanol–water partition coefficient (Wildman–Crippen LogP) is -0.110. The molecule has 1 fully saturated rings. The fourth-order valence-electron chi connectivity index (χ4n) is 2.31. The molecule has 1 aliphatic heterocycles. The van der Waals surface area contributed by atoms with E-state index in [-0.39, 0.29) is 6.54 Å². The lowest BCUT2D eigenvalue weighted by Gasteiger charge is -2.33. The summed E-state index contributed by atoms with van der Waals surface area (Å²) < 4.78 is 1.95. The van der Waals surface area contributed by atoms with E-state index in [9.17, 15) is 4.79 Å². The molecule has 7 heteroatoms. The number of carbonyl (C=O) groups is 1. The van der Waals surface area contributed by atoms with E-state index in [4.69, 9.17) is 5.11 Å². The molecule has 1 aromatic rings. The Bertz CT molecular complexity index is 412. The number of aliphatic carboxylic acids is 1. The topological polar surface area (TPSA) is 74.5 Å². The Morgan fingerprint density at radius 1 is 1.32 bits per heavy atom. The van der Waals surface area contributed by atoms with Crippen molar-refractivity contribution in [2.45, 2.75) is 26.4 Å². The van der Waals surface area contributed by atoms with Crippen molar-refractivity contribution in [2.75, 3.05) is 32.7 Å². The Hall–Kier alpha value is -1.47. The van der Waals surface area contributed by atoms with Crippen molar-refractivity contribution in [3.8, 4) is 0 Å². The quantitative estimate of drug-likeness (QED) is 0.775. The van der Waals surface area contributed by atoms with Gasteiger partial charge in [0.05, 0.1) is 13.1 Å². The molecular weight excluding hydrogens is 246 g/mol. The molecule has 0 bridgehead atoms. The number of piperazine rings is 1. The van der Waals surface area contributed by atoms with E-state index in [0.717, 1.165) is 51.5 Å². The van der Waals surface area contributed by atoms with Crippen LogP contribution < -0.4 is 0 Å². The van der Waals surface area contributed by atoms with E-state index < -0.39 is 5.97 Å². The molecule has 0 atom stereocenters. The maximum atomic E-state index is 10.6. The normalized spacial score (nSPS) is 17.7. The molecule has 19 heavy (non-hydrogen) atoms. The van der Waals surface area contributed by atoms with Gasteiger partial charge in [0.15, 0.2) is 0 Å². The summed E-state index contributed by atoms with van der Waals surface area (Å²) in [5, 5.41) is 13.0. The lowest BCUT2D eigenvalue weighted by molar-refractivity contribution is -0.138. The molecule has 106 valence electrons. The van der Waals surface area contributed by atoms with Gasteiger partial charge in [-0.2, -0.15) is 5.10 Å². The van der Waals surface area contributed by atoms with Crippen molar-refractivity contribution in [3.63, 3.8) is 0 Å². The smallest absolute Gasteiger partial charge is 0.317 e. The molecular formula is C12H21N5O2. The molecule has 2 rings (SSSR count). The number of aryl methyl sites for hydroxylation is 1. The average molecular weight is 267 g/mol. The van der Waals surface area contributed by atoms with E-state index in [1.165, 1.54) is 0 Å². The van der Waals surface area contributed by atoms with Crippen LogP contribution in [0.1, 0.15) is 19.2 Å². The Kier molecular flexibility index (Phi) is 4.86. The molecule has 0 amide bonds. The van der Waals surface area contributed by atoms with Crippen molar-refractivity contribution in [3.05, 3.63) is 12.2 Å². The van der Waals surface area contributed by atoms with E-state index in [1.54, 1.807) is 6.33 Å². The monoisotopic (exact) mass is 267 g/mol. The highest BCUT2D eigenvalue weighted by Crippen LogP contribution is 2.06. The number of aromatic nitrogens is 3. The first kappa shape index (κ1) is 14.0. The third-order valence-corrected chi connectivity index (χ3v) is 3.32. The molecule has 0 spiro atoms. The molecule has 1 aliphatic rings. The van der Waals surface area contributed by atoms with Gasteiger partial charge in [0.25, 0.3) is 0 Å². The van der Waals surface area contributed by atoms with Crippen LogP contribution in [-0.2, 0) is 17.9 Å². The molecule has 0 aliphatic carbocycles. The first-order chi connectivity index (χ1) is 9.19. The summed E-state index contributed by atoms with van der Waals surface area (Å²) in [5.74, 6) is 0.240. The van der Waals surface area contributed by atoms with Crippen LogP contribution in [0.2, 0.25) is 0 Å². The summed E-state index contributed by atoms with van der Waals surface area (Å²) in [4.78, 5) is 19.2. The lowest BCUT2D eigenvalue weighted by atomic mass is 10.3. The van der Waals surface area contributed by atoms with Gasteiger partial charge >= 0.3 is 5.97 Å². The van der Waals surface area contributed by atoms with Gasteiger partial charge in [-0.05, 0) is 6.42 Å². The third-order valence-electron chi connectivity index (χ3n) is 3.32. The molecule has 1 saturated heterocycles. The minimum Gasteiger partial charge on any atom is -0.480 e. The number of nitrogens with zero attached hydrogens (tertiary/aromatic N) is 5. The van der Waals surface area contributed by atoms with Gasteiger partial charge in [-0.15, -0.1) is 0 Å². The molecule has 2 heterocycles. The number of hydrogen-bond donors (Lipinski definition) is 1. The van der Waals surface area contributed by atoms with Gasteiger partial charge in [0.2, 0.25) is 0 Å². The van der Waals surface area contributed by atoms with Crippen LogP contribution >= 0.6 is 0 Å². The first-order valence-electron chi connectivity index (χ1n) is 6.72. The summed E-state index contributed by atoms with van der Waals surface area (Å²) in [5.41, 5.74) is 0. The Morgan fingerprint density at radius 3 is 2.63 bits per heavy atom. The zero-order valence-corrected chi connectivity index (χ0v) is 11.3. The van der Waals surface area contributed by atoms with Crippen LogP contribution in [0.3, 0.4) is 0 Å². The number of rotatable bonds is 6. The molecule has 7 nitrogen and oxygen atoms in total. The second-order valence-corrected chi connectivity index (χ2v) is 4.85. The van der Waals surface area contributed by atoms with E-state index >= 15 is 0 Å². The van der Waals surface area contributed by atoms with Gasteiger partial charge in [0.1, 0.15) is 12.2 Å². The SMILES string of the molecule is CCCn1ncnc1CN1CCN(CC(=O)O)CC1. The maximum Gasteiger partial charge on any atom is 0.317 e. The van der Waals surface area contributed by atoms with Crippen molar-refractivity contribution >= 4 is 5.97 Å². The Morgan fingerprint density at radius 2 is 2.00 bits per heavy atom. The summed E-state index contributed by atoms with van der Waals surface area (Å²) in [7, 11) is 0. The maximum absolute atomic E-state index is 10.6. The molecule has 0 radical (unpaired) electrons. The van der Waals surface area contributed by atoms with Gasteiger partial charge in [-0.25, -0.2) is 9.67 Å². The summed E-state index contributed by atoms with van der Waals surface area (Å²) in [6.45, 7) is 7.31. The average Bonchev–Trinajstić information content (AvgIpc) is 2.79. The number of hydrogen-bond acceptors (Lipinski definition) is 5. The van der Waals surface area contributed by atoms with E-state index in [2.05, 4.69) is 21.9 Å². The van der Waals surface area contributed by atoms with Gasteiger partial charge in [-0.1, -0.05) is 6.92 Å². The number of carboxylic acid groups (broad SMARTS) is 1. The van der Waals surface area contributed by atoms with Gasteiger partial charge < -0.3 is 5.11 Å². The highest BCUT2D eigenvalue weighted by molar-refractivity contribution is 5.69. The van der Waals surface area contributed by atoms with Crippen molar-refractivity contribution in [1.29, 1.82) is 0 Å². The molecule has 0 unspecified atom stereocenters. The molecule has 0 saturated carbocycles. The van der Waals surface area contributed by atoms with Crippen LogP contribution in [0.25, 0.3) is 0 Å². The van der Waals surface area contributed by atoms with Gasteiger partial charge in [0, 0.05) is 32.7 Å². The summed E-state index contributed by atoms with van der Waals surface area (Å²) in [6, 6.07) is 0. The van der Waals surface area contributed by atoms with Crippen molar-refractivity contribution < 1.29 is 9.90 Å². The number of carboxylic acids is 1. The third kappa shape index (κ3) is 4.00. The highest BCUT2D eigenvalue weighted by atomic mass is 16.4. The van der Waals surface area contributed by atoms with Crippen LogP contribution in [0.4, 0.5) is 0 Å². The van der Waals surface area contributed by atoms with Crippen LogP contribution in [-0.4, -0.2) is 68.4 Å². The largest absolute Gasteiger partial charge is 0.480 e. The van der Waals surface area contributed by atoms with Crippen molar-refractivity contribution in [2.24, 2.45) is 0 Å². The lowest BCUT2D eigenvalue weighted by Crippen LogP contribution is -2.47. The Labute approximate surface area is 112 Å². The van der Waals surface area contributed by atoms with Crippen LogP contribution in [0.15, 0.2) is 6.33 Å². The van der Waals surface area contributed by atoms with E-state index in [0.29, 0.717) is 0 Å². The minimum atomic E-state index is -0.754. The predicted molar refractivity (Wildman–Crippen MR) is 69.7 cm³/mol. The first-order valence-corrected chi connectivity index (χ1v) is 6.72. The van der Waals surface area contributed by atoms with Crippen LogP contribution in [0.5, 0.6) is 0 Å². The molecule has 0 aromatic carbocycles. The minimum absolute atomic E-state index is 0.139. The van der Waals surface area contributed by atoms with Crippen LogP contribution in [0, 0.1) is 0 Å². The standard InChI is InChI=1S/C12H21N5O2/c1-2-3-17-11(13-10-14-17)8-15-4-6-16(7-5-15)9-12(18)19/h10H,2-9H2,1H3,(H,18,19). The summed E-state index contributed by atoms with van der Waals surface area (Å²) in [6.07, 6.45) is 2.65. The second kappa shape index (κ2) is 6.63. The zero-order chi connectivity index (χ0) is 13.7. The fraction of sp³-hybridized carbons (Fsp3) is 0.750. The molecule has 1 N–H and O–H groups in total. The van der Waals surface area contributed by atoms with Gasteiger partial charge in [-0.3, -0.25) is 14.6 Å².